The highest BCUT2D eigenvalue weighted by Gasteiger charge is 2.15. The maximum Gasteiger partial charge on any atom is 0.310 e. The SMILES string of the molecule is Cc1ccc(NC(=O)COc2ccccc2[N+](=O)[O-])cc1I. The number of para-hydroxylation sites is 2. The standard InChI is InChI=1S/C15H13IN2O4/c1-10-6-7-11(8-12(10)16)17-15(19)9-22-14-5-3-2-4-13(14)18(20)21/h2-8H,9H2,1H3,(H,17,19). The number of halogens is 1. The van der Waals surface area contributed by atoms with Gasteiger partial charge < -0.3 is 10.1 Å². The molecule has 0 radical (unpaired) electrons. The number of hydrogen-bond donors (Lipinski definition) is 1. The number of rotatable bonds is 5. The first-order chi connectivity index (χ1) is 10.5. The van der Waals surface area contributed by atoms with E-state index in [1.165, 1.54) is 12.1 Å². The van der Waals surface area contributed by atoms with Crippen LogP contribution >= 0.6 is 22.6 Å². The molecule has 0 aliphatic heterocycles. The third kappa shape index (κ3) is 4.17. The molecule has 1 N–H and O–H groups in total. The van der Waals surface area contributed by atoms with Crippen molar-refractivity contribution < 1.29 is 14.5 Å². The minimum atomic E-state index is -0.546. The van der Waals surface area contributed by atoms with E-state index in [0.717, 1.165) is 9.13 Å². The van der Waals surface area contributed by atoms with Crippen molar-refractivity contribution in [3.05, 3.63) is 61.7 Å². The zero-order valence-electron chi connectivity index (χ0n) is 11.7. The zero-order chi connectivity index (χ0) is 16.1. The summed E-state index contributed by atoms with van der Waals surface area (Å²) in [7, 11) is 0. The summed E-state index contributed by atoms with van der Waals surface area (Å²) in [6, 6.07) is 11.5. The normalized spacial score (nSPS) is 10.1. The highest BCUT2D eigenvalue weighted by molar-refractivity contribution is 14.1. The summed E-state index contributed by atoms with van der Waals surface area (Å²) in [6.07, 6.45) is 0. The van der Waals surface area contributed by atoms with Gasteiger partial charge in [-0.3, -0.25) is 14.9 Å². The Morgan fingerprint density at radius 2 is 2.05 bits per heavy atom. The number of carbonyl (C=O) groups excluding carboxylic acids is 1. The van der Waals surface area contributed by atoms with Crippen molar-refractivity contribution in [2.45, 2.75) is 6.92 Å². The quantitative estimate of drug-likeness (QED) is 0.463. The van der Waals surface area contributed by atoms with Crippen LogP contribution in [0.25, 0.3) is 0 Å². The van der Waals surface area contributed by atoms with Crippen molar-refractivity contribution >= 4 is 39.9 Å². The highest BCUT2D eigenvalue weighted by atomic mass is 127. The Bertz CT molecular complexity index is 718. The molecule has 0 aromatic heterocycles. The number of nitrogens with zero attached hydrogens (tertiary/aromatic N) is 1. The number of aryl methyl sites for hydroxylation is 1. The smallest absolute Gasteiger partial charge is 0.310 e. The monoisotopic (exact) mass is 412 g/mol. The zero-order valence-corrected chi connectivity index (χ0v) is 13.9. The molecule has 7 heteroatoms. The number of nitrogens with one attached hydrogen (secondary N) is 1. The lowest BCUT2D eigenvalue weighted by Gasteiger charge is -2.08. The number of anilines is 1. The molecule has 0 heterocycles. The molecule has 1 amide bonds. The minimum Gasteiger partial charge on any atom is -0.477 e. The van der Waals surface area contributed by atoms with Gasteiger partial charge in [0.05, 0.1) is 4.92 Å². The maximum atomic E-state index is 11.9. The third-order valence-electron chi connectivity index (χ3n) is 2.88. The second-order valence-electron chi connectivity index (χ2n) is 4.53. The third-order valence-corrected chi connectivity index (χ3v) is 4.04. The van der Waals surface area contributed by atoms with Crippen LogP contribution in [0, 0.1) is 20.6 Å². The van der Waals surface area contributed by atoms with E-state index in [1.807, 2.05) is 19.1 Å². The predicted molar refractivity (Wildman–Crippen MR) is 91.1 cm³/mol. The Hall–Kier alpha value is -2.16. The average Bonchev–Trinajstić information content (AvgIpc) is 2.49. The van der Waals surface area contributed by atoms with E-state index in [1.54, 1.807) is 18.2 Å². The molecule has 22 heavy (non-hydrogen) atoms. The van der Waals surface area contributed by atoms with Gasteiger partial charge in [0.15, 0.2) is 12.4 Å². The predicted octanol–water partition coefficient (Wildman–Crippen LogP) is 3.53. The summed E-state index contributed by atoms with van der Waals surface area (Å²) >= 11 is 2.18. The first-order valence-corrected chi connectivity index (χ1v) is 7.47. The molecule has 0 spiro atoms. The molecule has 0 saturated carbocycles. The fraction of sp³-hybridized carbons (Fsp3) is 0.133. The van der Waals surface area contributed by atoms with Crippen molar-refractivity contribution in [1.82, 2.24) is 0 Å². The Morgan fingerprint density at radius 1 is 1.32 bits per heavy atom. The molecule has 0 unspecified atom stereocenters. The lowest BCUT2D eigenvalue weighted by atomic mass is 10.2. The van der Waals surface area contributed by atoms with Gasteiger partial charge in [0.1, 0.15) is 0 Å². The Kier molecular flexibility index (Phi) is 5.31. The molecule has 0 saturated heterocycles. The summed E-state index contributed by atoms with van der Waals surface area (Å²) < 4.78 is 6.27. The van der Waals surface area contributed by atoms with Crippen LogP contribution in [0.4, 0.5) is 11.4 Å². The fourth-order valence-corrected chi connectivity index (χ4v) is 2.26. The van der Waals surface area contributed by atoms with Crippen LogP contribution < -0.4 is 10.1 Å². The lowest BCUT2D eigenvalue weighted by Crippen LogP contribution is -2.20. The van der Waals surface area contributed by atoms with Crippen LogP contribution in [0.2, 0.25) is 0 Å². The van der Waals surface area contributed by atoms with E-state index in [-0.39, 0.29) is 24.0 Å². The summed E-state index contributed by atoms with van der Waals surface area (Å²) in [5.74, 6) is -0.307. The number of benzene rings is 2. The molecule has 0 atom stereocenters. The van der Waals surface area contributed by atoms with E-state index in [9.17, 15) is 14.9 Å². The number of ether oxygens (including phenoxy) is 1. The largest absolute Gasteiger partial charge is 0.477 e. The van der Waals surface area contributed by atoms with Gasteiger partial charge in [-0.25, -0.2) is 0 Å². The van der Waals surface area contributed by atoms with Gasteiger partial charge in [0, 0.05) is 15.3 Å². The van der Waals surface area contributed by atoms with E-state index in [4.69, 9.17) is 4.74 Å². The van der Waals surface area contributed by atoms with Crippen molar-refractivity contribution in [3.63, 3.8) is 0 Å². The summed E-state index contributed by atoms with van der Waals surface area (Å²) in [5.41, 5.74) is 1.61. The number of hydrogen-bond acceptors (Lipinski definition) is 4. The molecule has 114 valence electrons. The van der Waals surface area contributed by atoms with E-state index >= 15 is 0 Å². The van der Waals surface area contributed by atoms with Crippen LogP contribution in [0.3, 0.4) is 0 Å². The molecule has 2 rings (SSSR count). The maximum absolute atomic E-state index is 11.9. The van der Waals surface area contributed by atoms with Gasteiger partial charge in [-0.1, -0.05) is 18.2 Å². The first kappa shape index (κ1) is 16.2. The molecule has 0 bridgehead atoms. The van der Waals surface area contributed by atoms with Crippen LogP contribution in [-0.4, -0.2) is 17.4 Å². The van der Waals surface area contributed by atoms with Crippen molar-refractivity contribution in [3.8, 4) is 5.75 Å². The van der Waals surface area contributed by atoms with Gasteiger partial charge in [-0.2, -0.15) is 0 Å². The van der Waals surface area contributed by atoms with Gasteiger partial charge in [-0.15, -0.1) is 0 Å². The number of amides is 1. The lowest BCUT2D eigenvalue weighted by molar-refractivity contribution is -0.385. The second kappa shape index (κ2) is 7.21. The van der Waals surface area contributed by atoms with Gasteiger partial charge in [0.2, 0.25) is 0 Å². The minimum absolute atomic E-state index is 0.0705. The van der Waals surface area contributed by atoms with E-state index < -0.39 is 4.92 Å². The first-order valence-electron chi connectivity index (χ1n) is 6.39. The second-order valence-corrected chi connectivity index (χ2v) is 5.69. The topological polar surface area (TPSA) is 81.5 Å². The fourth-order valence-electron chi connectivity index (χ4n) is 1.74. The summed E-state index contributed by atoms with van der Waals surface area (Å²) in [4.78, 5) is 22.2. The molecule has 6 nitrogen and oxygen atoms in total. The van der Waals surface area contributed by atoms with Crippen molar-refractivity contribution in [2.24, 2.45) is 0 Å². The van der Waals surface area contributed by atoms with Crippen LogP contribution in [0.5, 0.6) is 5.75 Å². The van der Waals surface area contributed by atoms with Crippen molar-refractivity contribution in [1.29, 1.82) is 0 Å². The number of nitro groups is 1. The number of carbonyl (C=O) groups is 1. The van der Waals surface area contributed by atoms with Gasteiger partial charge in [-0.05, 0) is 53.3 Å². The van der Waals surface area contributed by atoms with Crippen molar-refractivity contribution in [2.75, 3.05) is 11.9 Å². The summed E-state index contributed by atoms with van der Waals surface area (Å²) in [5, 5.41) is 13.5. The van der Waals surface area contributed by atoms with E-state index in [0.29, 0.717) is 5.69 Å². The summed E-state index contributed by atoms with van der Waals surface area (Å²) in [6.45, 7) is 1.68. The van der Waals surface area contributed by atoms with Gasteiger partial charge in [0.25, 0.3) is 5.91 Å². The number of nitro benzene ring substituents is 1. The molecule has 0 aliphatic carbocycles. The van der Waals surface area contributed by atoms with Gasteiger partial charge >= 0.3 is 5.69 Å². The Morgan fingerprint density at radius 3 is 2.73 bits per heavy atom. The average molecular weight is 412 g/mol. The Labute approximate surface area is 140 Å². The Balaban J connectivity index is 1.98. The van der Waals surface area contributed by atoms with Crippen LogP contribution in [0.1, 0.15) is 5.56 Å². The van der Waals surface area contributed by atoms with Crippen LogP contribution in [-0.2, 0) is 4.79 Å². The van der Waals surface area contributed by atoms with E-state index in [2.05, 4.69) is 27.9 Å². The highest BCUT2D eigenvalue weighted by Crippen LogP contribution is 2.25. The molecular formula is C15H13IN2O4. The molecule has 2 aromatic rings. The molecule has 0 aliphatic rings. The molecule has 2 aromatic carbocycles. The molecular weight excluding hydrogens is 399 g/mol. The molecule has 0 fully saturated rings. The van der Waals surface area contributed by atoms with Crippen LogP contribution in [0.15, 0.2) is 42.5 Å².